The van der Waals surface area contributed by atoms with Gasteiger partial charge >= 0.3 is 23.9 Å². The molecule has 440 valence electrons. The van der Waals surface area contributed by atoms with E-state index in [4.69, 9.17) is 38.6 Å². The highest BCUT2D eigenvalue weighted by Gasteiger charge is 2.26. The minimum atomic E-state index is -0.171. The number of esters is 4. The van der Waals surface area contributed by atoms with Gasteiger partial charge in [-0.05, 0) is 78.3 Å². The van der Waals surface area contributed by atoms with Gasteiger partial charge in [-0.3, -0.25) is 19.2 Å². The van der Waals surface area contributed by atoms with Crippen molar-refractivity contribution in [3.05, 3.63) is 0 Å². The second-order valence-corrected chi connectivity index (χ2v) is 20.9. The quantitative estimate of drug-likeness (QED) is 0.0336. The van der Waals surface area contributed by atoms with E-state index in [-0.39, 0.29) is 36.3 Å². The first-order valence-corrected chi connectivity index (χ1v) is 30.9. The van der Waals surface area contributed by atoms with E-state index in [2.05, 4.69) is 20.8 Å². The molecule has 2 N–H and O–H groups in total. The molecule has 0 radical (unpaired) electrons. The zero-order chi connectivity index (χ0) is 54.6. The van der Waals surface area contributed by atoms with Crippen molar-refractivity contribution < 1.29 is 57.8 Å². The molecule has 0 bridgehead atoms. The van der Waals surface area contributed by atoms with Crippen LogP contribution in [0.1, 0.15) is 290 Å². The molecular weight excluding hydrogens is 939 g/mol. The molecule has 13 nitrogen and oxygen atoms in total. The predicted octanol–water partition coefficient (Wildman–Crippen LogP) is 14.9. The van der Waals surface area contributed by atoms with Crippen molar-refractivity contribution in [1.29, 1.82) is 0 Å². The number of hydrogen-bond acceptors (Lipinski definition) is 13. The smallest absolute Gasteiger partial charge is 0.307 e. The van der Waals surface area contributed by atoms with E-state index < -0.39 is 0 Å². The maximum absolute atomic E-state index is 11.7. The van der Waals surface area contributed by atoms with Crippen molar-refractivity contribution in [2.75, 3.05) is 66.9 Å². The monoisotopic (exact) mass is 1060 g/mol. The molecule has 2 atom stereocenters. The van der Waals surface area contributed by atoms with Crippen LogP contribution in [0.5, 0.6) is 0 Å². The Morgan fingerprint density at radius 2 is 0.703 bits per heavy atom. The molecule has 0 amide bonds. The largest absolute Gasteiger partial charge is 0.466 e. The maximum atomic E-state index is 11.7. The van der Waals surface area contributed by atoms with Crippen LogP contribution in [0.25, 0.3) is 0 Å². The van der Waals surface area contributed by atoms with Crippen LogP contribution < -0.4 is 0 Å². The van der Waals surface area contributed by atoms with Crippen LogP contribution in [-0.2, 0) is 47.6 Å². The summed E-state index contributed by atoms with van der Waals surface area (Å²) in [5.41, 5.74) is 0. The SMILES string of the molecule is CCCCCCCC(=O)OCCCCCCCCCO.CCCCCCCC(=O)OCCCCCCCCCO.CCCCCCCC(=O)OCCCCCCCCCO[C@H]1CC[C@@H](COC(=O)CCN(C)C)O1. The molecule has 1 fully saturated rings. The lowest BCUT2D eigenvalue weighted by Crippen LogP contribution is -2.23. The second kappa shape index (κ2) is 61.5. The van der Waals surface area contributed by atoms with Gasteiger partial charge in [-0.2, -0.15) is 0 Å². The van der Waals surface area contributed by atoms with E-state index in [0.717, 1.165) is 128 Å². The molecule has 0 aliphatic carbocycles. The Morgan fingerprint density at radius 3 is 1.05 bits per heavy atom. The fourth-order valence-corrected chi connectivity index (χ4v) is 8.38. The second-order valence-electron chi connectivity index (χ2n) is 20.9. The van der Waals surface area contributed by atoms with Crippen LogP contribution in [-0.4, -0.2) is 118 Å². The summed E-state index contributed by atoms with van der Waals surface area (Å²) in [6.45, 7) is 10.7. The molecule has 0 aromatic carbocycles. The van der Waals surface area contributed by atoms with Crippen LogP contribution in [0.4, 0.5) is 0 Å². The van der Waals surface area contributed by atoms with Gasteiger partial charge in [-0.1, -0.05) is 194 Å². The van der Waals surface area contributed by atoms with Gasteiger partial charge in [-0.25, -0.2) is 0 Å². The average Bonchev–Trinajstić information content (AvgIpc) is 3.85. The van der Waals surface area contributed by atoms with Crippen molar-refractivity contribution in [1.82, 2.24) is 4.90 Å². The fraction of sp³-hybridized carbons (Fsp3) is 0.934. The van der Waals surface area contributed by atoms with Gasteiger partial charge in [-0.15, -0.1) is 0 Å². The first kappa shape index (κ1) is 73.8. The summed E-state index contributed by atoms with van der Waals surface area (Å²) in [4.78, 5) is 48.2. The van der Waals surface area contributed by atoms with Crippen LogP contribution in [0.2, 0.25) is 0 Å². The summed E-state index contributed by atoms with van der Waals surface area (Å²) in [6, 6.07) is 0. The highest BCUT2D eigenvalue weighted by Crippen LogP contribution is 2.22. The zero-order valence-electron chi connectivity index (χ0n) is 48.9. The summed E-state index contributed by atoms with van der Waals surface area (Å²) < 4.78 is 32.7. The molecule has 0 aromatic heterocycles. The Bertz CT molecular complexity index is 1150. The van der Waals surface area contributed by atoms with Crippen LogP contribution >= 0.6 is 0 Å². The van der Waals surface area contributed by atoms with Crippen LogP contribution in [0.3, 0.4) is 0 Å². The third-order valence-corrected chi connectivity index (χ3v) is 13.2. The lowest BCUT2D eigenvalue weighted by molar-refractivity contribution is -0.160. The lowest BCUT2D eigenvalue weighted by Gasteiger charge is -2.15. The van der Waals surface area contributed by atoms with Crippen LogP contribution in [0, 0.1) is 0 Å². The Balaban J connectivity index is 0. The van der Waals surface area contributed by atoms with E-state index >= 15 is 0 Å². The Kier molecular flexibility index (Phi) is 61.3. The van der Waals surface area contributed by atoms with E-state index in [0.29, 0.717) is 78.5 Å². The number of ether oxygens (including phenoxy) is 6. The zero-order valence-corrected chi connectivity index (χ0v) is 48.9. The summed E-state index contributed by atoms with van der Waals surface area (Å²) in [5, 5.41) is 17.3. The Labute approximate surface area is 454 Å². The summed E-state index contributed by atoms with van der Waals surface area (Å²) in [6.07, 6.45) is 44.8. The normalized spacial score (nSPS) is 14.0. The predicted molar refractivity (Wildman–Crippen MR) is 302 cm³/mol. The molecule has 1 aliphatic heterocycles. The van der Waals surface area contributed by atoms with Gasteiger partial charge in [0.1, 0.15) is 6.61 Å². The first-order chi connectivity index (χ1) is 36.1. The molecule has 1 aliphatic rings. The molecule has 0 spiro atoms. The van der Waals surface area contributed by atoms with Crippen molar-refractivity contribution in [3.63, 3.8) is 0 Å². The number of hydrogen-bond donors (Lipinski definition) is 2. The van der Waals surface area contributed by atoms with Gasteiger partial charge in [0.2, 0.25) is 0 Å². The number of carbonyl (C=O) groups is 4. The van der Waals surface area contributed by atoms with Crippen molar-refractivity contribution in [2.24, 2.45) is 0 Å². The third kappa shape index (κ3) is 60.5. The first-order valence-electron chi connectivity index (χ1n) is 30.9. The molecule has 1 rings (SSSR count). The van der Waals surface area contributed by atoms with Crippen molar-refractivity contribution in [3.8, 4) is 0 Å². The van der Waals surface area contributed by atoms with E-state index in [1.165, 1.54) is 116 Å². The lowest BCUT2D eigenvalue weighted by atomic mass is 10.1. The Morgan fingerprint density at radius 1 is 0.392 bits per heavy atom. The molecule has 1 heterocycles. The average molecular weight is 1060 g/mol. The topological polar surface area (TPSA) is 167 Å². The molecule has 13 heteroatoms. The van der Waals surface area contributed by atoms with Crippen molar-refractivity contribution in [2.45, 2.75) is 303 Å². The number of aliphatic hydroxyl groups excluding tert-OH is 2. The highest BCUT2D eigenvalue weighted by molar-refractivity contribution is 5.70. The standard InChI is InChI=1S/C27H51NO6.2C17H34O3/c1-4-5-6-10-13-16-25(29)31-21-14-11-8-7-9-12-15-22-32-27-18-17-24(34-27)23-33-26(30)19-20-28(2)3;2*1-2-3-4-8-11-14-17(19)20-16-13-10-7-5-6-9-12-15-18/h24,27H,4-23H2,1-3H3;2*18H,2-16H2,1H3/t24-,27+;;/m0../s1. The van der Waals surface area contributed by atoms with E-state index in [1.54, 1.807) is 0 Å². The van der Waals surface area contributed by atoms with Crippen molar-refractivity contribution >= 4 is 23.9 Å². The minimum absolute atomic E-state index is 0.0237. The van der Waals surface area contributed by atoms with Crippen LogP contribution in [0.15, 0.2) is 0 Å². The highest BCUT2D eigenvalue weighted by atomic mass is 16.7. The van der Waals surface area contributed by atoms with E-state index in [9.17, 15) is 19.2 Å². The number of rotatable bonds is 52. The number of unbranched alkanes of at least 4 members (excludes halogenated alkanes) is 30. The van der Waals surface area contributed by atoms with Gasteiger partial charge in [0.15, 0.2) is 6.29 Å². The molecule has 74 heavy (non-hydrogen) atoms. The van der Waals surface area contributed by atoms with Gasteiger partial charge in [0.05, 0.1) is 32.3 Å². The summed E-state index contributed by atoms with van der Waals surface area (Å²) in [7, 11) is 3.88. The molecule has 1 saturated heterocycles. The van der Waals surface area contributed by atoms with Gasteiger partial charge < -0.3 is 43.5 Å². The van der Waals surface area contributed by atoms with Gasteiger partial charge in [0.25, 0.3) is 0 Å². The number of carbonyl (C=O) groups excluding carboxylic acids is 4. The molecule has 0 saturated carbocycles. The van der Waals surface area contributed by atoms with E-state index in [1.807, 2.05) is 19.0 Å². The van der Waals surface area contributed by atoms with Gasteiger partial charge in [0, 0.05) is 52.0 Å². The summed E-state index contributed by atoms with van der Waals surface area (Å²) in [5.74, 6) is -0.250. The number of aliphatic hydroxyl groups is 2. The summed E-state index contributed by atoms with van der Waals surface area (Å²) >= 11 is 0. The molecular formula is C61H119NO12. The molecule has 0 aromatic rings. The maximum Gasteiger partial charge on any atom is 0.307 e. The molecule has 0 unspecified atom stereocenters. The Hall–Kier alpha value is -2.32. The third-order valence-electron chi connectivity index (χ3n) is 13.2. The minimum Gasteiger partial charge on any atom is -0.466 e. The fourth-order valence-electron chi connectivity index (χ4n) is 8.38. The number of nitrogens with zero attached hydrogens (tertiary/aromatic N) is 1.